The Labute approximate surface area is 135 Å². The van der Waals surface area contributed by atoms with Crippen molar-refractivity contribution >= 4 is 29.3 Å². The lowest BCUT2D eigenvalue weighted by Gasteiger charge is -2.22. The van der Waals surface area contributed by atoms with E-state index in [4.69, 9.17) is 5.73 Å². The molecule has 1 aromatic carbocycles. The monoisotopic (exact) mass is 326 g/mol. The van der Waals surface area contributed by atoms with Gasteiger partial charge in [-0.15, -0.1) is 12.4 Å². The topological polar surface area (TPSA) is 92.9 Å². The maximum atomic E-state index is 12.0. The third-order valence-corrected chi connectivity index (χ3v) is 3.59. The molecule has 0 aliphatic rings. The highest BCUT2D eigenvalue weighted by Crippen LogP contribution is 2.09. The second-order valence-corrected chi connectivity index (χ2v) is 5.52. The van der Waals surface area contributed by atoms with Gasteiger partial charge < -0.3 is 16.0 Å². The molecule has 0 saturated carbocycles. The first-order valence-electron chi connectivity index (χ1n) is 7.20. The molecule has 6 nitrogen and oxygen atoms in total. The summed E-state index contributed by atoms with van der Waals surface area (Å²) in [6, 6.07) is 7.47. The number of hydrogen-bond donors (Lipinski definition) is 3. The molecule has 0 bridgehead atoms. The van der Waals surface area contributed by atoms with E-state index in [0.717, 1.165) is 17.5 Å². The van der Waals surface area contributed by atoms with Crippen LogP contribution in [0.3, 0.4) is 0 Å². The second-order valence-electron chi connectivity index (χ2n) is 5.52. The number of aromatic nitrogens is 2. The number of imidazole rings is 1. The molecule has 1 unspecified atom stereocenters. The Morgan fingerprint density at radius 2 is 2.09 bits per heavy atom. The Morgan fingerprint density at radius 3 is 2.77 bits per heavy atom. The summed E-state index contributed by atoms with van der Waals surface area (Å²) in [5, 5.41) is 2.80. The first-order valence-corrected chi connectivity index (χ1v) is 7.20. The van der Waals surface area contributed by atoms with E-state index in [-0.39, 0.29) is 24.0 Å². The molecule has 0 aliphatic heterocycles. The highest BCUT2D eigenvalue weighted by molar-refractivity contribution is 5.85. The van der Waals surface area contributed by atoms with Gasteiger partial charge in [-0.2, -0.15) is 0 Å². The minimum atomic E-state index is -0.861. The van der Waals surface area contributed by atoms with Crippen molar-refractivity contribution in [3.05, 3.63) is 34.7 Å². The summed E-state index contributed by atoms with van der Waals surface area (Å²) in [6.07, 6.45) is 1.48. The van der Waals surface area contributed by atoms with Crippen molar-refractivity contribution in [3.8, 4) is 0 Å². The van der Waals surface area contributed by atoms with Crippen LogP contribution in [0.1, 0.15) is 26.7 Å². The van der Waals surface area contributed by atoms with Gasteiger partial charge in [-0.25, -0.2) is 4.79 Å². The number of amides is 1. The lowest BCUT2D eigenvalue weighted by molar-refractivity contribution is -0.126. The Kier molecular flexibility index (Phi) is 6.20. The minimum absolute atomic E-state index is 0. The van der Waals surface area contributed by atoms with E-state index in [1.165, 1.54) is 0 Å². The molecule has 0 fully saturated rings. The molecule has 1 amide bonds. The Morgan fingerprint density at radius 1 is 1.41 bits per heavy atom. The average molecular weight is 327 g/mol. The van der Waals surface area contributed by atoms with Crippen molar-refractivity contribution in [2.24, 2.45) is 5.73 Å². The van der Waals surface area contributed by atoms with Crippen molar-refractivity contribution in [1.82, 2.24) is 14.9 Å². The number of benzene rings is 1. The van der Waals surface area contributed by atoms with Crippen LogP contribution < -0.4 is 16.7 Å². The zero-order chi connectivity index (χ0) is 15.5. The summed E-state index contributed by atoms with van der Waals surface area (Å²) in [6.45, 7) is 4.50. The van der Waals surface area contributed by atoms with Crippen LogP contribution in [0.5, 0.6) is 0 Å². The molecular formula is C15H23ClN4O2. The maximum Gasteiger partial charge on any atom is 0.326 e. The van der Waals surface area contributed by atoms with Gasteiger partial charge in [0, 0.05) is 13.1 Å². The van der Waals surface area contributed by atoms with Gasteiger partial charge in [0.05, 0.1) is 16.6 Å². The van der Waals surface area contributed by atoms with Gasteiger partial charge in [0.25, 0.3) is 0 Å². The number of nitrogens with two attached hydrogens (primary N) is 1. The van der Waals surface area contributed by atoms with Crippen LogP contribution in [0.15, 0.2) is 29.1 Å². The van der Waals surface area contributed by atoms with Crippen LogP contribution in [0.4, 0.5) is 0 Å². The zero-order valence-electron chi connectivity index (χ0n) is 12.9. The fourth-order valence-electron chi connectivity index (χ4n) is 2.44. The van der Waals surface area contributed by atoms with Crippen molar-refractivity contribution in [2.75, 3.05) is 6.54 Å². The second kappa shape index (κ2) is 7.47. The summed E-state index contributed by atoms with van der Waals surface area (Å²) in [5.41, 5.74) is 6.56. The molecule has 22 heavy (non-hydrogen) atoms. The average Bonchev–Trinajstić information content (AvgIpc) is 2.75. The number of carbonyl (C=O) groups is 1. The van der Waals surface area contributed by atoms with Gasteiger partial charge in [0.15, 0.2) is 0 Å². The largest absolute Gasteiger partial charge is 0.353 e. The fraction of sp³-hybridized carbons (Fsp3) is 0.467. The number of rotatable bonds is 6. The van der Waals surface area contributed by atoms with E-state index < -0.39 is 5.54 Å². The standard InChI is InChI=1S/C15H22N4O2.ClH/c1-3-8-15(2,16)13(20)17-9-10-19-12-7-5-4-6-11(12)18-14(19)21;/h4-7H,3,8-10,16H2,1-2H3,(H,17,20)(H,18,21);1H. The Bertz CT molecular complexity index is 690. The maximum absolute atomic E-state index is 12.0. The summed E-state index contributed by atoms with van der Waals surface area (Å²) in [5.74, 6) is -0.183. The number of fused-ring (bicyclic) bond motifs is 1. The third-order valence-electron chi connectivity index (χ3n) is 3.59. The molecule has 0 aliphatic carbocycles. The molecule has 1 heterocycles. The molecule has 7 heteroatoms. The number of carbonyl (C=O) groups excluding carboxylic acids is 1. The first kappa shape index (κ1) is 18.3. The van der Waals surface area contributed by atoms with Gasteiger partial charge in [-0.05, 0) is 25.5 Å². The Hall–Kier alpha value is -1.79. The van der Waals surface area contributed by atoms with Crippen LogP contribution in [0, 0.1) is 0 Å². The molecule has 2 rings (SSSR count). The number of nitrogens with zero attached hydrogens (tertiary/aromatic N) is 1. The molecule has 1 aromatic heterocycles. The van der Waals surface area contributed by atoms with Crippen molar-refractivity contribution in [2.45, 2.75) is 38.8 Å². The summed E-state index contributed by atoms with van der Waals surface area (Å²) < 4.78 is 1.61. The lowest BCUT2D eigenvalue weighted by atomic mass is 9.97. The quantitative estimate of drug-likeness (QED) is 0.748. The van der Waals surface area contributed by atoms with Gasteiger partial charge in [0.1, 0.15) is 0 Å². The molecule has 0 saturated heterocycles. The highest BCUT2D eigenvalue weighted by Gasteiger charge is 2.26. The normalized spacial score (nSPS) is 13.4. The molecule has 4 N–H and O–H groups in total. The molecule has 1 atom stereocenters. The number of para-hydroxylation sites is 2. The van der Waals surface area contributed by atoms with E-state index >= 15 is 0 Å². The summed E-state index contributed by atoms with van der Waals surface area (Å²) >= 11 is 0. The van der Waals surface area contributed by atoms with E-state index in [1.54, 1.807) is 11.5 Å². The molecule has 122 valence electrons. The van der Waals surface area contributed by atoms with E-state index in [0.29, 0.717) is 19.5 Å². The van der Waals surface area contributed by atoms with E-state index in [1.807, 2.05) is 31.2 Å². The van der Waals surface area contributed by atoms with Crippen LogP contribution >= 0.6 is 12.4 Å². The molecule has 0 radical (unpaired) electrons. The van der Waals surface area contributed by atoms with Crippen LogP contribution in [0.2, 0.25) is 0 Å². The molecular weight excluding hydrogens is 304 g/mol. The minimum Gasteiger partial charge on any atom is -0.353 e. The predicted molar refractivity (Wildman–Crippen MR) is 90.3 cm³/mol. The summed E-state index contributed by atoms with van der Waals surface area (Å²) in [4.78, 5) is 26.7. The SMILES string of the molecule is CCCC(C)(N)C(=O)NCCn1c(=O)[nH]c2ccccc21.Cl. The highest BCUT2D eigenvalue weighted by atomic mass is 35.5. The van der Waals surface area contributed by atoms with Gasteiger partial charge in [-0.3, -0.25) is 9.36 Å². The number of H-pyrrole nitrogens is 1. The van der Waals surface area contributed by atoms with Crippen LogP contribution in [-0.2, 0) is 11.3 Å². The predicted octanol–water partition coefficient (Wildman–Crippen LogP) is 1.39. The fourth-order valence-corrected chi connectivity index (χ4v) is 2.44. The summed E-state index contributed by atoms with van der Waals surface area (Å²) in [7, 11) is 0. The van der Waals surface area contributed by atoms with Crippen molar-refractivity contribution in [1.29, 1.82) is 0 Å². The number of hydrogen-bond acceptors (Lipinski definition) is 3. The van der Waals surface area contributed by atoms with Crippen molar-refractivity contribution < 1.29 is 4.79 Å². The molecule has 0 spiro atoms. The van der Waals surface area contributed by atoms with Crippen LogP contribution in [0.25, 0.3) is 11.0 Å². The van der Waals surface area contributed by atoms with E-state index in [9.17, 15) is 9.59 Å². The number of halogens is 1. The first-order chi connectivity index (χ1) is 9.95. The molecule has 2 aromatic rings. The number of aromatic amines is 1. The van der Waals surface area contributed by atoms with Gasteiger partial charge >= 0.3 is 5.69 Å². The van der Waals surface area contributed by atoms with Gasteiger partial charge in [0.2, 0.25) is 5.91 Å². The number of nitrogens with one attached hydrogen (secondary N) is 2. The Balaban J connectivity index is 0.00000242. The third kappa shape index (κ3) is 3.90. The van der Waals surface area contributed by atoms with E-state index in [2.05, 4.69) is 10.3 Å². The van der Waals surface area contributed by atoms with Crippen molar-refractivity contribution in [3.63, 3.8) is 0 Å². The van der Waals surface area contributed by atoms with Gasteiger partial charge in [-0.1, -0.05) is 25.5 Å². The van der Waals surface area contributed by atoms with Crippen LogP contribution in [-0.4, -0.2) is 27.5 Å². The zero-order valence-corrected chi connectivity index (χ0v) is 13.7. The smallest absolute Gasteiger partial charge is 0.326 e. The lowest BCUT2D eigenvalue weighted by Crippen LogP contribution is -2.52.